The number of aliphatic hydroxyl groups excluding tert-OH is 1. The van der Waals surface area contributed by atoms with Gasteiger partial charge in [0.05, 0.1) is 0 Å². The van der Waals surface area contributed by atoms with Gasteiger partial charge in [0, 0.05) is 6.61 Å². The third-order valence-electron chi connectivity index (χ3n) is 3.17. The molecular weight excluding hydrogens is 162 g/mol. The third kappa shape index (κ3) is 4.10. The van der Waals surface area contributed by atoms with Crippen molar-refractivity contribution in [1.82, 2.24) is 4.90 Å². The van der Waals surface area contributed by atoms with E-state index in [4.69, 9.17) is 5.11 Å². The Morgan fingerprint density at radius 1 is 1.23 bits per heavy atom. The van der Waals surface area contributed by atoms with Gasteiger partial charge in [-0.2, -0.15) is 0 Å². The van der Waals surface area contributed by atoms with E-state index in [2.05, 4.69) is 11.8 Å². The number of hydrogen-bond acceptors (Lipinski definition) is 2. The van der Waals surface area contributed by atoms with Crippen molar-refractivity contribution >= 4 is 0 Å². The van der Waals surface area contributed by atoms with E-state index < -0.39 is 0 Å². The molecule has 1 aliphatic rings. The molecule has 1 heterocycles. The largest absolute Gasteiger partial charge is 0.396 e. The zero-order valence-corrected chi connectivity index (χ0v) is 8.84. The summed E-state index contributed by atoms with van der Waals surface area (Å²) in [7, 11) is 0. The highest BCUT2D eigenvalue weighted by Crippen LogP contribution is 2.19. The zero-order chi connectivity index (χ0) is 9.52. The number of aliphatic hydroxyl groups is 1. The molecule has 0 radical (unpaired) electrons. The molecule has 1 N–H and O–H groups in total. The van der Waals surface area contributed by atoms with Gasteiger partial charge in [0.15, 0.2) is 0 Å². The molecule has 1 aliphatic heterocycles. The van der Waals surface area contributed by atoms with Crippen molar-refractivity contribution in [3.05, 3.63) is 0 Å². The molecule has 0 amide bonds. The number of nitrogens with zero attached hydrogens (tertiary/aromatic N) is 1. The maximum atomic E-state index is 8.66. The molecule has 0 spiro atoms. The van der Waals surface area contributed by atoms with Crippen molar-refractivity contribution in [2.75, 3.05) is 26.2 Å². The Morgan fingerprint density at radius 2 is 1.92 bits per heavy atom. The smallest absolute Gasteiger partial charge is 0.0431 e. The average Bonchev–Trinajstić information content (AvgIpc) is 2.19. The lowest BCUT2D eigenvalue weighted by molar-refractivity contribution is 0.174. The molecule has 0 aromatic heterocycles. The summed E-state index contributed by atoms with van der Waals surface area (Å²) in [6.45, 7) is 6.41. The number of rotatable bonds is 5. The average molecular weight is 185 g/mol. The minimum atomic E-state index is 0.353. The summed E-state index contributed by atoms with van der Waals surface area (Å²) in [6.07, 6.45) is 6.25. The van der Waals surface area contributed by atoms with Crippen molar-refractivity contribution in [2.24, 2.45) is 5.92 Å². The summed E-state index contributed by atoms with van der Waals surface area (Å²) in [4.78, 5) is 2.54. The molecule has 0 atom stereocenters. The van der Waals surface area contributed by atoms with E-state index in [0.29, 0.717) is 6.61 Å². The molecule has 0 aromatic rings. The van der Waals surface area contributed by atoms with Crippen molar-refractivity contribution in [1.29, 1.82) is 0 Å². The van der Waals surface area contributed by atoms with Gasteiger partial charge in [0.2, 0.25) is 0 Å². The molecule has 1 rings (SSSR count). The molecule has 1 fully saturated rings. The first-order valence-electron chi connectivity index (χ1n) is 5.70. The molecule has 0 bridgehead atoms. The molecule has 2 heteroatoms. The summed E-state index contributed by atoms with van der Waals surface area (Å²) in [5, 5.41) is 8.66. The first-order chi connectivity index (χ1) is 6.36. The number of likely N-dealkylation sites (tertiary alicyclic amines) is 1. The molecule has 1 saturated heterocycles. The SMILES string of the molecule is CCC1CCN(CCCCO)CC1. The van der Waals surface area contributed by atoms with E-state index in [1.807, 2.05) is 0 Å². The van der Waals surface area contributed by atoms with E-state index in [1.165, 1.54) is 38.9 Å². The maximum absolute atomic E-state index is 8.66. The Kier molecular flexibility index (Phi) is 5.40. The van der Waals surface area contributed by atoms with Crippen molar-refractivity contribution in [2.45, 2.75) is 39.0 Å². The van der Waals surface area contributed by atoms with E-state index in [9.17, 15) is 0 Å². The Balaban J connectivity index is 2.03. The van der Waals surface area contributed by atoms with Crippen LogP contribution < -0.4 is 0 Å². The van der Waals surface area contributed by atoms with Crippen LogP contribution in [0.1, 0.15) is 39.0 Å². The first-order valence-corrected chi connectivity index (χ1v) is 5.70. The van der Waals surface area contributed by atoms with Crippen LogP contribution in [0, 0.1) is 5.92 Å². The summed E-state index contributed by atoms with van der Waals surface area (Å²) in [5.41, 5.74) is 0. The van der Waals surface area contributed by atoms with Crippen LogP contribution >= 0.6 is 0 Å². The first kappa shape index (κ1) is 11.0. The van der Waals surface area contributed by atoms with Gasteiger partial charge in [-0.05, 0) is 51.2 Å². The lowest BCUT2D eigenvalue weighted by Crippen LogP contribution is -2.34. The normalized spacial score (nSPS) is 20.8. The van der Waals surface area contributed by atoms with Gasteiger partial charge in [-0.15, -0.1) is 0 Å². The quantitative estimate of drug-likeness (QED) is 0.661. The topological polar surface area (TPSA) is 23.5 Å². The highest BCUT2D eigenvalue weighted by atomic mass is 16.2. The van der Waals surface area contributed by atoms with Gasteiger partial charge in [-0.1, -0.05) is 13.3 Å². The fourth-order valence-corrected chi connectivity index (χ4v) is 2.07. The Labute approximate surface area is 81.9 Å². The Hall–Kier alpha value is -0.0800. The second-order valence-corrected chi connectivity index (χ2v) is 4.12. The molecule has 0 saturated carbocycles. The lowest BCUT2D eigenvalue weighted by Gasteiger charge is -2.31. The highest BCUT2D eigenvalue weighted by molar-refractivity contribution is 4.70. The number of unbranched alkanes of at least 4 members (excludes halogenated alkanes) is 1. The monoisotopic (exact) mass is 185 g/mol. The molecule has 0 aromatic carbocycles. The zero-order valence-electron chi connectivity index (χ0n) is 8.84. The standard InChI is InChI=1S/C11H23NO/c1-2-11-5-8-12(9-6-11)7-3-4-10-13/h11,13H,2-10H2,1H3. The fourth-order valence-electron chi connectivity index (χ4n) is 2.07. The molecule has 78 valence electrons. The minimum Gasteiger partial charge on any atom is -0.396 e. The van der Waals surface area contributed by atoms with Gasteiger partial charge in [-0.3, -0.25) is 0 Å². The molecular formula is C11H23NO. The molecule has 13 heavy (non-hydrogen) atoms. The van der Waals surface area contributed by atoms with Crippen LogP contribution in [0.15, 0.2) is 0 Å². The second kappa shape index (κ2) is 6.39. The van der Waals surface area contributed by atoms with Crippen LogP contribution in [0.5, 0.6) is 0 Å². The molecule has 2 nitrogen and oxygen atoms in total. The van der Waals surface area contributed by atoms with Gasteiger partial charge < -0.3 is 10.0 Å². The van der Waals surface area contributed by atoms with Gasteiger partial charge in [0.25, 0.3) is 0 Å². The highest BCUT2D eigenvalue weighted by Gasteiger charge is 2.16. The van der Waals surface area contributed by atoms with Crippen LogP contribution in [-0.4, -0.2) is 36.2 Å². The maximum Gasteiger partial charge on any atom is 0.0431 e. The van der Waals surface area contributed by atoms with E-state index in [0.717, 1.165) is 18.8 Å². The predicted octanol–water partition coefficient (Wildman–Crippen LogP) is 1.88. The van der Waals surface area contributed by atoms with Gasteiger partial charge >= 0.3 is 0 Å². The Bertz CT molecular complexity index is 117. The summed E-state index contributed by atoms with van der Waals surface area (Å²) in [6, 6.07) is 0. The lowest BCUT2D eigenvalue weighted by atomic mass is 9.94. The summed E-state index contributed by atoms with van der Waals surface area (Å²) in [5.74, 6) is 0.981. The molecule has 0 unspecified atom stereocenters. The van der Waals surface area contributed by atoms with Crippen LogP contribution in [0.4, 0.5) is 0 Å². The van der Waals surface area contributed by atoms with Crippen LogP contribution in [0.25, 0.3) is 0 Å². The van der Waals surface area contributed by atoms with E-state index in [1.54, 1.807) is 0 Å². The van der Waals surface area contributed by atoms with Crippen molar-refractivity contribution < 1.29 is 5.11 Å². The van der Waals surface area contributed by atoms with Gasteiger partial charge in [-0.25, -0.2) is 0 Å². The van der Waals surface area contributed by atoms with E-state index in [-0.39, 0.29) is 0 Å². The summed E-state index contributed by atoms with van der Waals surface area (Å²) < 4.78 is 0. The fraction of sp³-hybridized carbons (Fsp3) is 1.00. The Morgan fingerprint density at radius 3 is 2.46 bits per heavy atom. The second-order valence-electron chi connectivity index (χ2n) is 4.12. The van der Waals surface area contributed by atoms with Crippen molar-refractivity contribution in [3.8, 4) is 0 Å². The van der Waals surface area contributed by atoms with Crippen LogP contribution in [0.2, 0.25) is 0 Å². The summed E-state index contributed by atoms with van der Waals surface area (Å²) >= 11 is 0. The van der Waals surface area contributed by atoms with E-state index >= 15 is 0 Å². The third-order valence-corrected chi connectivity index (χ3v) is 3.17. The van der Waals surface area contributed by atoms with Crippen LogP contribution in [0.3, 0.4) is 0 Å². The number of piperidine rings is 1. The van der Waals surface area contributed by atoms with Crippen LogP contribution in [-0.2, 0) is 0 Å². The van der Waals surface area contributed by atoms with Gasteiger partial charge in [0.1, 0.15) is 0 Å². The number of hydrogen-bond donors (Lipinski definition) is 1. The van der Waals surface area contributed by atoms with Crippen molar-refractivity contribution in [3.63, 3.8) is 0 Å². The predicted molar refractivity (Wildman–Crippen MR) is 55.8 cm³/mol. The molecule has 0 aliphatic carbocycles. The minimum absolute atomic E-state index is 0.353.